The smallest absolute Gasteiger partial charge is 0.354 e. The molecule has 1 atom stereocenters. The van der Waals surface area contributed by atoms with Crippen LogP contribution in [0.15, 0.2) is 54.6 Å². The molecule has 0 radical (unpaired) electrons. The Morgan fingerprint density at radius 1 is 1.09 bits per heavy atom. The zero-order valence-electron chi connectivity index (χ0n) is 18.2. The van der Waals surface area contributed by atoms with Crippen molar-refractivity contribution in [2.45, 2.75) is 45.0 Å². The van der Waals surface area contributed by atoms with Gasteiger partial charge >= 0.3 is 5.97 Å². The SMILES string of the molecule is CC(C)N1C(=O)c2ccccc2N2C(=O)CCC21C(=O)OCc1nnnn1-c1ccccc1. The molecule has 3 heterocycles. The third-order valence-electron chi connectivity index (χ3n) is 6.01. The van der Waals surface area contributed by atoms with Gasteiger partial charge in [0, 0.05) is 18.9 Å². The maximum absolute atomic E-state index is 13.7. The van der Waals surface area contributed by atoms with Crippen molar-refractivity contribution < 1.29 is 19.1 Å². The lowest BCUT2D eigenvalue weighted by atomic mass is 9.95. The summed E-state index contributed by atoms with van der Waals surface area (Å²) in [6.07, 6.45) is 0.272. The Morgan fingerprint density at radius 3 is 2.58 bits per heavy atom. The van der Waals surface area contributed by atoms with Gasteiger partial charge in [0.15, 0.2) is 12.4 Å². The number of benzene rings is 2. The van der Waals surface area contributed by atoms with Gasteiger partial charge in [0.25, 0.3) is 5.91 Å². The van der Waals surface area contributed by atoms with E-state index in [0.717, 1.165) is 5.69 Å². The molecule has 0 aliphatic carbocycles. The second kappa shape index (κ2) is 7.80. The summed E-state index contributed by atoms with van der Waals surface area (Å²) in [5.41, 5.74) is -0.0253. The predicted octanol–water partition coefficient (Wildman–Crippen LogP) is 2.09. The molecular weight excluding hydrogens is 424 g/mol. The Bertz CT molecular complexity index is 1240. The topological polar surface area (TPSA) is 111 Å². The number of ether oxygens (including phenoxy) is 1. The molecule has 0 bridgehead atoms. The van der Waals surface area contributed by atoms with Gasteiger partial charge in [-0.1, -0.05) is 30.3 Å². The van der Waals surface area contributed by atoms with E-state index >= 15 is 0 Å². The summed E-state index contributed by atoms with van der Waals surface area (Å²) in [6, 6.07) is 15.7. The van der Waals surface area contributed by atoms with Crippen molar-refractivity contribution in [3.05, 3.63) is 66.0 Å². The number of nitrogens with zero attached hydrogens (tertiary/aromatic N) is 6. The van der Waals surface area contributed by atoms with Gasteiger partial charge in [0.1, 0.15) is 0 Å². The fourth-order valence-electron chi connectivity index (χ4n) is 4.68. The minimum absolute atomic E-state index is 0.127. The number of fused-ring (bicyclic) bond motifs is 3. The van der Waals surface area contributed by atoms with Crippen molar-refractivity contribution >= 4 is 23.5 Å². The summed E-state index contributed by atoms with van der Waals surface area (Å²) in [5, 5.41) is 11.6. The third-order valence-corrected chi connectivity index (χ3v) is 6.01. The summed E-state index contributed by atoms with van der Waals surface area (Å²) < 4.78 is 7.17. The van der Waals surface area contributed by atoms with Gasteiger partial charge in [-0.2, -0.15) is 4.68 Å². The van der Waals surface area contributed by atoms with Crippen molar-refractivity contribution in [3.63, 3.8) is 0 Å². The lowest BCUT2D eigenvalue weighted by Crippen LogP contribution is -2.70. The Kier molecular flexibility index (Phi) is 4.92. The number of carbonyl (C=O) groups is 3. The lowest BCUT2D eigenvalue weighted by Gasteiger charge is -2.50. The molecule has 10 nitrogen and oxygen atoms in total. The first kappa shape index (κ1) is 20.8. The lowest BCUT2D eigenvalue weighted by molar-refractivity contribution is -0.160. The Hall–Kier alpha value is -4.08. The Labute approximate surface area is 189 Å². The number of carbonyl (C=O) groups excluding carboxylic acids is 3. The van der Waals surface area contributed by atoms with Gasteiger partial charge in [-0.3, -0.25) is 14.5 Å². The summed E-state index contributed by atoms with van der Waals surface area (Å²) in [7, 11) is 0. The number of amides is 2. The molecule has 2 aliphatic heterocycles. The molecule has 1 fully saturated rings. The first-order valence-electron chi connectivity index (χ1n) is 10.7. The van der Waals surface area contributed by atoms with Gasteiger partial charge in [0.05, 0.1) is 16.9 Å². The highest BCUT2D eigenvalue weighted by Gasteiger charge is 2.62. The van der Waals surface area contributed by atoms with Crippen molar-refractivity contribution in [1.82, 2.24) is 25.1 Å². The molecule has 2 aliphatic rings. The molecule has 10 heteroatoms. The molecule has 1 aromatic heterocycles. The van der Waals surface area contributed by atoms with Crippen molar-refractivity contribution in [2.24, 2.45) is 0 Å². The third kappa shape index (κ3) is 3.09. The number of rotatable bonds is 5. The molecule has 168 valence electrons. The molecule has 0 spiro atoms. The van der Waals surface area contributed by atoms with Gasteiger partial charge < -0.3 is 9.64 Å². The molecular formula is C23H22N6O4. The number of para-hydroxylation sites is 2. The van der Waals surface area contributed by atoms with E-state index in [0.29, 0.717) is 17.1 Å². The highest BCUT2D eigenvalue weighted by molar-refractivity contribution is 6.15. The van der Waals surface area contributed by atoms with Gasteiger partial charge in [-0.15, -0.1) is 5.10 Å². The molecule has 5 rings (SSSR count). The monoisotopic (exact) mass is 446 g/mol. The normalized spacial score (nSPS) is 19.6. The zero-order chi connectivity index (χ0) is 23.2. The molecule has 0 N–H and O–H groups in total. The largest absolute Gasteiger partial charge is 0.454 e. The van der Waals surface area contributed by atoms with E-state index in [1.165, 1.54) is 14.5 Å². The Balaban J connectivity index is 1.51. The van der Waals surface area contributed by atoms with E-state index in [1.807, 2.05) is 44.2 Å². The van der Waals surface area contributed by atoms with Crippen molar-refractivity contribution in [1.29, 1.82) is 0 Å². The highest BCUT2D eigenvalue weighted by Crippen LogP contribution is 2.46. The van der Waals surface area contributed by atoms with E-state index in [1.54, 1.807) is 24.3 Å². The van der Waals surface area contributed by atoms with Crippen LogP contribution in [0.3, 0.4) is 0 Å². The fraction of sp³-hybridized carbons (Fsp3) is 0.304. The molecule has 2 amide bonds. The molecule has 1 unspecified atom stereocenters. The highest BCUT2D eigenvalue weighted by atomic mass is 16.5. The van der Waals surface area contributed by atoms with Crippen LogP contribution in [-0.2, 0) is 20.9 Å². The number of anilines is 1. The van der Waals surface area contributed by atoms with E-state index in [4.69, 9.17) is 4.74 Å². The van der Waals surface area contributed by atoms with Crippen LogP contribution < -0.4 is 4.90 Å². The van der Waals surface area contributed by atoms with Crippen LogP contribution in [-0.4, -0.2) is 54.6 Å². The molecule has 3 aromatic rings. The second-order valence-electron chi connectivity index (χ2n) is 8.25. The fourth-order valence-corrected chi connectivity index (χ4v) is 4.68. The van der Waals surface area contributed by atoms with Crippen LogP contribution in [0.25, 0.3) is 5.69 Å². The first-order valence-corrected chi connectivity index (χ1v) is 10.7. The minimum atomic E-state index is -1.55. The molecule has 0 saturated carbocycles. The van der Waals surface area contributed by atoms with Crippen LogP contribution in [0.4, 0.5) is 5.69 Å². The number of hydrogen-bond acceptors (Lipinski definition) is 7. The van der Waals surface area contributed by atoms with E-state index < -0.39 is 11.6 Å². The van der Waals surface area contributed by atoms with Crippen LogP contribution in [0.5, 0.6) is 0 Å². The summed E-state index contributed by atoms with van der Waals surface area (Å²) >= 11 is 0. The number of tetrazole rings is 1. The molecule has 33 heavy (non-hydrogen) atoms. The summed E-state index contributed by atoms with van der Waals surface area (Å²) in [6.45, 7) is 3.42. The number of hydrogen-bond donors (Lipinski definition) is 0. The average molecular weight is 446 g/mol. The Morgan fingerprint density at radius 2 is 1.82 bits per heavy atom. The summed E-state index contributed by atoms with van der Waals surface area (Å²) in [4.78, 5) is 43.0. The zero-order valence-corrected chi connectivity index (χ0v) is 18.2. The van der Waals surface area contributed by atoms with Gasteiger partial charge in [-0.05, 0) is 48.5 Å². The van der Waals surface area contributed by atoms with Crippen LogP contribution >= 0.6 is 0 Å². The second-order valence-corrected chi connectivity index (χ2v) is 8.25. The standard InChI is InChI=1S/C23H22N6O4/c1-15(2)27-21(31)17-10-6-7-11-18(17)28-20(30)12-13-23(27,28)22(32)33-14-19-24-25-26-29(19)16-8-4-3-5-9-16/h3-11,15H,12-14H2,1-2H3. The maximum Gasteiger partial charge on any atom is 0.354 e. The van der Waals surface area contributed by atoms with Crippen molar-refractivity contribution in [2.75, 3.05) is 4.90 Å². The van der Waals surface area contributed by atoms with E-state index in [2.05, 4.69) is 15.5 Å². The van der Waals surface area contributed by atoms with Crippen LogP contribution in [0.1, 0.15) is 42.9 Å². The van der Waals surface area contributed by atoms with E-state index in [9.17, 15) is 14.4 Å². The molecule has 2 aromatic carbocycles. The maximum atomic E-state index is 13.7. The quantitative estimate of drug-likeness (QED) is 0.552. The summed E-state index contributed by atoms with van der Waals surface area (Å²) in [5.74, 6) is -0.905. The number of esters is 1. The van der Waals surface area contributed by atoms with Crippen LogP contribution in [0, 0.1) is 0 Å². The van der Waals surface area contributed by atoms with Gasteiger partial charge in [-0.25, -0.2) is 4.79 Å². The predicted molar refractivity (Wildman–Crippen MR) is 116 cm³/mol. The minimum Gasteiger partial charge on any atom is -0.454 e. The number of aromatic nitrogens is 4. The van der Waals surface area contributed by atoms with Crippen LogP contribution in [0.2, 0.25) is 0 Å². The van der Waals surface area contributed by atoms with Gasteiger partial charge in [0.2, 0.25) is 11.6 Å². The van der Waals surface area contributed by atoms with E-state index in [-0.39, 0.29) is 37.3 Å². The molecule has 1 saturated heterocycles. The van der Waals surface area contributed by atoms with Crippen molar-refractivity contribution in [3.8, 4) is 5.69 Å². The average Bonchev–Trinajstić information content (AvgIpc) is 3.43. The first-order chi connectivity index (χ1) is 15.9.